The van der Waals surface area contributed by atoms with Gasteiger partial charge in [0, 0.05) is 23.1 Å². The van der Waals surface area contributed by atoms with Crippen LogP contribution in [0.5, 0.6) is 0 Å². The van der Waals surface area contributed by atoms with Gasteiger partial charge in [0.2, 0.25) is 26.6 Å². The number of nitrogens with zero attached hydrogens (tertiary/aromatic N) is 2. The molecule has 0 bridgehead atoms. The monoisotopic (exact) mass is 470 g/mol. The van der Waals surface area contributed by atoms with E-state index in [0.717, 1.165) is 19.3 Å². The lowest BCUT2D eigenvalue weighted by Crippen LogP contribution is -2.30. The second kappa shape index (κ2) is 8.19. The molecule has 2 aromatic carbocycles. The second-order valence-electron chi connectivity index (χ2n) is 6.76. The van der Waals surface area contributed by atoms with E-state index in [9.17, 15) is 8.42 Å². The molecule has 9 heteroatoms. The largest absolute Gasteiger partial charge is 0.419 e. The van der Waals surface area contributed by atoms with Crippen LogP contribution in [-0.2, 0) is 9.84 Å². The zero-order chi connectivity index (χ0) is 20.6. The number of benzene rings is 2. The van der Waals surface area contributed by atoms with Gasteiger partial charge >= 0.3 is 0 Å². The van der Waals surface area contributed by atoms with Crippen molar-refractivity contribution in [1.82, 2.24) is 4.98 Å². The van der Waals surface area contributed by atoms with E-state index >= 15 is 0 Å². The molecule has 1 aliphatic rings. The van der Waals surface area contributed by atoms with Crippen LogP contribution in [0.15, 0.2) is 56.8 Å². The van der Waals surface area contributed by atoms with Crippen molar-refractivity contribution in [2.24, 2.45) is 0 Å². The third-order valence-corrected chi connectivity index (χ3v) is 7.23. The first-order chi connectivity index (χ1) is 13.9. The molecule has 29 heavy (non-hydrogen) atoms. The highest BCUT2D eigenvalue weighted by Gasteiger charge is 2.32. The van der Waals surface area contributed by atoms with Gasteiger partial charge in [-0.2, -0.15) is 4.98 Å². The fourth-order valence-corrected chi connectivity index (χ4v) is 5.21. The molecule has 1 saturated heterocycles. The minimum atomic E-state index is -3.92. The van der Waals surface area contributed by atoms with Crippen LogP contribution in [0.4, 0.5) is 5.88 Å². The Morgan fingerprint density at radius 3 is 2.21 bits per heavy atom. The Morgan fingerprint density at radius 1 is 0.897 bits per heavy atom. The Bertz CT molecular complexity index is 1140. The van der Waals surface area contributed by atoms with Crippen LogP contribution < -0.4 is 4.90 Å². The van der Waals surface area contributed by atoms with Gasteiger partial charge in [0.25, 0.3) is 0 Å². The molecular formula is C20H17Cl3N2O3S. The molecule has 0 atom stereocenters. The van der Waals surface area contributed by atoms with Crippen LogP contribution in [0.3, 0.4) is 0 Å². The zero-order valence-electron chi connectivity index (χ0n) is 15.2. The number of sulfone groups is 1. The molecule has 0 amide bonds. The molecule has 1 fully saturated rings. The number of hydrogen-bond donors (Lipinski definition) is 0. The van der Waals surface area contributed by atoms with Crippen LogP contribution in [0.1, 0.15) is 19.3 Å². The van der Waals surface area contributed by atoms with Crippen molar-refractivity contribution in [2.45, 2.75) is 29.2 Å². The maximum Gasteiger partial charge on any atom is 0.236 e. The molecule has 1 aliphatic heterocycles. The smallest absolute Gasteiger partial charge is 0.236 e. The van der Waals surface area contributed by atoms with Crippen molar-refractivity contribution in [2.75, 3.05) is 18.0 Å². The van der Waals surface area contributed by atoms with Crippen LogP contribution >= 0.6 is 34.8 Å². The number of oxazole rings is 1. The van der Waals surface area contributed by atoms with Gasteiger partial charge in [0.1, 0.15) is 0 Å². The molecule has 1 aromatic heterocycles. The van der Waals surface area contributed by atoms with Gasteiger partial charge in [-0.05, 0) is 61.7 Å². The van der Waals surface area contributed by atoms with Crippen LogP contribution in [0, 0.1) is 0 Å². The quantitative estimate of drug-likeness (QED) is 0.458. The molecule has 0 aliphatic carbocycles. The summed E-state index contributed by atoms with van der Waals surface area (Å²) in [5.74, 6) is 0.375. The summed E-state index contributed by atoms with van der Waals surface area (Å²) in [6, 6.07) is 10.9. The molecular weight excluding hydrogens is 455 g/mol. The average Bonchev–Trinajstić information content (AvgIpc) is 3.15. The van der Waals surface area contributed by atoms with Gasteiger partial charge in [0.05, 0.1) is 15.5 Å². The molecule has 3 aromatic rings. The predicted octanol–water partition coefficient (Wildman–Crippen LogP) is 6.12. The highest BCUT2D eigenvalue weighted by molar-refractivity contribution is 7.91. The van der Waals surface area contributed by atoms with E-state index in [4.69, 9.17) is 39.2 Å². The van der Waals surface area contributed by atoms with Crippen molar-refractivity contribution < 1.29 is 12.8 Å². The number of anilines is 1. The third kappa shape index (κ3) is 4.12. The number of rotatable bonds is 4. The normalized spacial score (nSPS) is 14.9. The van der Waals surface area contributed by atoms with Crippen LogP contribution in [-0.4, -0.2) is 26.5 Å². The second-order valence-corrected chi connectivity index (χ2v) is 9.90. The summed E-state index contributed by atoms with van der Waals surface area (Å²) in [7, 11) is -3.92. The van der Waals surface area contributed by atoms with E-state index in [1.54, 1.807) is 18.2 Å². The van der Waals surface area contributed by atoms with Gasteiger partial charge in [-0.3, -0.25) is 0 Å². The molecule has 4 rings (SSSR count). The Hall–Kier alpha value is -1.73. The van der Waals surface area contributed by atoms with E-state index in [1.165, 1.54) is 24.3 Å². The standard InChI is InChI=1S/C20H17Cl3N2O3S/c21-13-4-7-15(8-5-13)29(26,27)19-20(25-10-2-1-3-11-25)28-18(24-19)16-9-6-14(22)12-17(16)23/h4-9,12H,1-3,10-11H2. The first-order valence-electron chi connectivity index (χ1n) is 9.08. The Labute approximate surface area is 184 Å². The van der Waals surface area contributed by atoms with Crippen molar-refractivity contribution in [3.05, 3.63) is 57.5 Å². The molecule has 0 spiro atoms. The van der Waals surface area contributed by atoms with Gasteiger partial charge in [-0.25, -0.2) is 8.42 Å². The summed E-state index contributed by atoms with van der Waals surface area (Å²) >= 11 is 18.2. The SMILES string of the molecule is O=S(=O)(c1ccc(Cl)cc1)c1nc(-c2ccc(Cl)cc2Cl)oc1N1CCCCC1. The third-order valence-electron chi connectivity index (χ3n) is 4.76. The first kappa shape index (κ1) is 20.5. The number of piperidine rings is 1. The molecule has 0 N–H and O–H groups in total. The minimum Gasteiger partial charge on any atom is -0.419 e. The number of hydrogen-bond acceptors (Lipinski definition) is 5. The topological polar surface area (TPSA) is 63.4 Å². The summed E-state index contributed by atoms with van der Waals surface area (Å²) < 4.78 is 32.7. The first-order valence-corrected chi connectivity index (χ1v) is 11.7. The molecule has 5 nitrogen and oxygen atoms in total. The molecule has 2 heterocycles. The summed E-state index contributed by atoms with van der Waals surface area (Å²) in [4.78, 5) is 6.38. The van der Waals surface area contributed by atoms with Crippen molar-refractivity contribution in [3.8, 4) is 11.5 Å². The summed E-state index contributed by atoms with van der Waals surface area (Å²) in [5.41, 5.74) is 0.479. The maximum absolute atomic E-state index is 13.3. The predicted molar refractivity (Wildman–Crippen MR) is 115 cm³/mol. The molecule has 0 radical (unpaired) electrons. The van der Waals surface area contributed by atoms with Gasteiger partial charge in [0.15, 0.2) is 0 Å². The number of aromatic nitrogens is 1. The highest BCUT2D eigenvalue weighted by Crippen LogP contribution is 2.38. The van der Waals surface area contributed by atoms with Gasteiger partial charge in [-0.1, -0.05) is 34.8 Å². The van der Waals surface area contributed by atoms with E-state index in [0.29, 0.717) is 33.7 Å². The fourth-order valence-electron chi connectivity index (χ4n) is 3.27. The Balaban J connectivity index is 1.87. The van der Waals surface area contributed by atoms with E-state index in [1.807, 2.05) is 4.90 Å². The lowest BCUT2D eigenvalue weighted by atomic mass is 10.1. The Kier molecular flexibility index (Phi) is 5.80. The molecule has 0 unspecified atom stereocenters. The van der Waals surface area contributed by atoms with Crippen molar-refractivity contribution in [3.63, 3.8) is 0 Å². The van der Waals surface area contributed by atoms with Crippen LogP contribution in [0.2, 0.25) is 15.1 Å². The zero-order valence-corrected chi connectivity index (χ0v) is 18.3. The van der Waals surface area contributed by atoms with Gasteiger partial charge in [-0.15, -0.1) is 0 Å². The summed E-state index contributed by atoms with van der Waals surface area (Å²) in [6.45, 7) is 1.40. The molecule has 152 valence electrons. The summed E-state index contributed by atoms with van der Waals surface area (Å²) in [6.07, 6.45) is 3.01. The number of halogens is 3. The van der Waals surface area contributed by atoms with Crippen molar-refractivity contribution in [1.29, 1.82) is 0 Å². The fraction of sp³-hybridized carbons (Fsp3) is 0.250. The van der Waals surface area contributed by atoms with E-state index < -0.39 is 9.84 Å². The average molecular weight is 472 g/mol. The van der Waals surface area contributed by atoms with E-state index in [-0.39, 0.29) is 21.7 Å². The van der Waals surface area contributed by atoms with Crippen molar-refractivity contribution >= 4 is 50.5 Å². The van der Waals surface area contributed by atoms with Crippen LogP contribution in [0.25, 0.3) is 11.5 Å². The van der Waals surface area contributed by atoms with E-state index in [2.05, 4.69) is 4.98 Å². The molecule has 0 saturated carbocycles. The lowest BCUT2D eigenvalue weighted by molar-refractivity contribution is 0.499. The van der Waals surface area contributed by atoms with Gasteiger partial charge < -0.3 is 9.32 Å². The minimum absolute atomic E-state index is 0.0993. The maximum atomic E-state index is 13.3. The highest BCUT2D eigenvalue weighted by atomic mass is 35.5. The summed E-state index contributed by atoms with van der Waals surface area (Å²) in [5, 5.41) is 1.13. The Morgan fingerprint density at radius 2 is 1.55 bits per heavy atom. The lowest BCUT2D eigenvalue weighted by Gasteiger charge is -2.26.